The van der Waals surface area contributed by atoms with E-state index >= 15 is 0 Å². The molecule has 0 saturated heterocycles. The maximum atomic E-state index is 10.3. The van der Waals surface area contributed by atoms with Gasteiger partial charge in [0, 0.05) is 0 Å². The third kappa shape index (κ3) is 23.6. The second kappa shape index (κ2) is 42.4. The highest BCUT2D eigenvalue weighted by molar-refractivity contribution is 7.00. The Morgan fingerprint density at radius 3 is 0.622 bits per heavy atom. The van der Waals surface area contributed by atoms with Crippen LogP contribution in [0.1, 0.15) is 67.9 Å². The summed E-state index contributed by atoms with van der Waals surface area (Å²) >= 11 is 0. The summed E-state index contributed by atoms with van der Waals surface area (Å²) in [6.07, 6.45) is 0. The fourth-order valence-corrected chi connectivity index (χ4v) is 26.0. The normalized spacial score (nSPS) is 12.5. The summed E-state index contributed by atoms with van der Waals surface area (Å²) in [7, 11) is -7.92. The zero-order valence-electron chi connectivity index (χ0n) is 59.7. The van der Waals surface area contributed by atoms with Crippen molar-refractivity contribution in [1.29, 1.82) is 0 Å². The molecule has 1 N–H and O–H groups in total. The van der Waals surface area contributed by atoms with Gasteiger partial charge in [-0.2, -0.15) is 0 Å². The van der Waals surface area contributed by atoms with Gasteiger partial charge >= 0.3 is 0 Å². The second-order valence-corrected chi connectivity index (χ2v) is 39.6. The summed E-state index contributed by atoms with van der Waals surface area (Å²) in [5.74, 6) is 1.17. The SMILES string of the molecule is CC(C)(C)[Si](OCCOCCOCCOCCOc1cc(CO)cc(OCCOCCOCCOCCO[Si](c2ccccc2)(c2ccccc2)C(C)(C)C)c1OCCOCCOCCOCCO[Si](c1ccccc1)(c1ccccc1)C(C)(C)C)(c1ccccc1)c1ccccc1. The molecule has 0 unspecified atom stereocenters. The summed E-state index contributed by atoms with van der Waals surface area (Å²) in [6, 6.07) is 67.1. The van der Waals surface area contributed by atoms with Gasteiger partial charge in [0.25, 0.3) is 25.0 Å². The molecule has 0 atom stereocenters. The van der Waals surface area contributed by atoms with Crippen LogP contribution in [0.2, 0.25) is 15.1 Å². The Morgan fingerprint density at radius 2 is 0.429 bits per heavy atom. The van der Waals surface area contributed by atoms with Crippen molar-refractivity contribution in [1.82, 2.24) is 0 Å². The highest BCUT2D eigenvalue weighted by Crippen LogP contribution is 2.41. The van der Waals surface area contributed by atoms with Gasteiger partial charge in [-0.05, 0) is 63.9 Å². The monoisotopic (exact) mass is 1400 g/mol. The molecule has 7 aromatic carbocycles. The number of aliphatic hydroxyl groups is 1. The van der Waals surface area contributed by atoms with Gasteiger partial charge in [0.2, 0.25) is 5.75 Å². The minimum atomic E-state index is -2.64. The molecule has 0 aromatic heterocycles. The standard InChI is InChI=1S/C79H110O16Si3/c1-77(2,3)96(68-28-16-10-17-29-68,69-30-18-11-19-31-69)93-61-55-87-49-43-81-40-46-84-52-58-90-74-64-67(66-80)65-75(91-59-53-85-47-41-82-44-50-88-56-62-94-97(78(4,5)6,70-32-20-12-21-33-70)71-34-22-13-23-35-71)76(74)92-60-54-86-48-42-83-45-51-89-57-63-95-98(79(7,8)9,72-36-24-14-25-37-72)73-38-26-15-27-39-73/h10-39,64-65,80H,40-63,66H2,1-9H3. The van der Waals surface area contributed by atoms with E-state index in [0.29, 0.717) is 142 Å². The van der Waals surface area contributed by atoms with Crippen LogP contribution < -0.4 is 45.3 Å². The molecule has 7 aromatic rings. The molecule has 7 rings (SSSR count). The van der Waals surface area contributed by atoms with Gasteiger partial charge in [-0.25, -0.2) is 0 Å². The first-order valence-corrected chi connectivity index (χ1v) is 40.4. The van der Waals surface area contributed by atoms with E-state index in [0.717, 1.165) is 0 Å². The Labute approximate surface area is 587 Å². The highest BCUT2D eigenvalue weighted by Gasteiger charge is 2.52. The molecule has 19 heteroatoms. The van der Waals surface area contributed by atoms with Gasteiger partial charge in [0.15, 0.2) is 11.5 Å². The number of ether oxygens (including phenoxy) is 12. The lowest BCUT2D eigenvalue weighted by Gasteiger charge is -2.43. The van der Waals surface area contributed by atoms with Gasteiger partial charge < -0.3 is 75.2 Å². The van der Waals surface area contributed by atoms with Gasteiger partial charge in [0.1, 0.15) is 19.8 Å². The maximum Gasteiger partial charge on any atom is 0.261 e. The lowest BCUT2D eigenvalue weighted by molar-refractivity contribution is 0.00237. The average molecular weight is 1400 g/mol. The molecule has 98 heavy (non-hydrogen) atoms. The topological polar surface area (TPSA) is 159 Å². The molecule has 0 spiro atoms. The zero-order valence-corrected chi connectivity index (χ0v) is 62.7. The fraction of sp³-hybridized carbons (Fsp3) is 0.468. The molecule has 0 aliphatic heterocycles. The second-order valence-electron chi connectivity index (χ2n) is 26.7. The number of hydrogen-bond acceptors (Lipinski definition) is 16. The van der Waals surface area contributed by atoms with Crippen molar-refractivity contribution >= 4 is 56.1 Å². The first-order chi connectivity index (χ1) is 47.6. The van der Waals surface area contributed by atoms with Gasteiger partial charge in [0.05, 0.1) is 145 Å². The van der Waals surface area contributed by atoms with E-state index in [1.807, 2.05) is 36.4 Å². The molecule has 16 nitrogen and oxygen atoms in total. The van der Waals surface area contributed by atoms with Crippen LogP contribution in [0.15, 0.2) is 194 Å². The Morgan fingerprint density at radius 1 is 0.245 bits per heavy atom. The molecule has 0 fully saturated rings. The van der Waals surface area contributed by atoms with E-state index in [2.05, 4.69) is 208 Å². The average Bonchev–Trinajstić information content (AvgIpc) is 0.768. The summed E-state index contributed by atoms with van der Waals surface area (Å²) in [5, 5.41) is 17.4. The van der Waals surface area contributed by atoms with Crippen molar-refractivity contribution in [2.75, 3.05) is 159 Å². The molecule has 0 saturated carbocycles. The number of hydrogen-bond donors (Lipinski definition) is 1. The zero-order chi connectivity index (χ0) is 69.7. The molecule has 534 valence electrons. The largest absolute Gasteiger partial charge is 0.487 e. The van der Waals surface area contributed by atoms with Gasteiger partial charge in [-0.1, -0.05) is 244 Å². The van der Waals surface area contributed by atoms with E-state index in [-0.39, 0.29) is 61.4 Å². The van der Waals surface area contributed by atoms with Crippen LogP contribution in [0.4, 0.5) is 0 Å². The summed E-state index contributed by atoms with van der Waals surface area (Å²) in [5.41, 5.74) is 0.587. The van der Waals surface area contributed by atoms with Crippen molar-refractivity contribution in [3.8, 4) is 17.2 Å². The molecule has 0 amide bonds. The Kier molecular flexibility index (Phi) is 34.3. The van der Waals surface area contributed by atoms with Crippen molar-refractivity contribution in [3.63, 3.8) is 0 Å². The molecule has 0 aliphatic rings. The minimum Gasteiger partial charge on any atom is -0.487 e. The third-order valence-corrected chi connectivity index (χ3v) is 32.0. The minimum absolute atomic E-state index is 0.112. The number of rotatable bonds is 49. The maximum absolute atomic E-state index is 10.3. The summed E-state index contributed by atoms with van der Waals surface area (Å²) in [6.45, 7) is 29.1. The Hall–Kier alpha value is -5.93. The van der Waals surface area contributed by atoms with Gasteiger partial charge in [-0.3, -0.25) is 0 Å². The van der Waals surface area contributed by atoms with Crippen LogP contribution in [-0.4, -0.2) is 189 Å². The van der Waals surface area contributed by atoms with E-state index in [9.17, 15) is 5.11 Å². The quantitative estimate of drug-likeness (QED) is 0.0283. The lowest BCUT2D eigenvalue weighted by atomic mass is 10.2. The van der Waals surface area contributed by atoms with Crippen molar-refractivity contribution < 1.29 is 75.2 Å². The van der Waals surface area contributed by atoms with Gasteiger partial charge in [-0.15, -0.1) is 0 Å². The van der Waals surface area contributed by atoms with Crippen LogP contribution in [0.3, 0.4) is 0 Å². The van der Waals surface area contributed by atoms with E-state index < -0.39 is 25.0 Å². The predicted octanol–water partition coefficient (Wildman–Crippen LogP) is 10.2. The van der Waals surface area contributed by atoms with Crippen molar-refractivity contribution in [3.05, 3.63) is 200 Å². The number of benzene rings is 7. The summed E-state index contributed by atoms with van der Waals surface area (Å²) in [4.78, 5) is 0. The predicted molar refractivity (Wildman–Crippen MR) is 397 cm³/mol. The molecular formula is C79H110O16Si3. The molecule has 0 aliphatic carbocycles. The van der Waals surface area contributed by atoms with E-state index in [4.69, 9.17) is 70.1 Å². The third-order valence-electron chi connectivity index (χ3n) is 16.8. The smallest absolute Gasteiger partial charge is 0.261 e. The highest BCUT2D eigenvalue weighted by atomic mass is 28.4. The number of aliphatic hydroxyl groups excluding tert-OH is 1. The fourth-order valence-electron chi connectivity index (χ4n) is 12.4. The van der Waals surface area contributed by atoms with Crippen LogP contribution >= 0.6 is 0 Å². The van der Waals surface area contributed by atoms with Crippen LogP contribution in [0.5, 0.6) is 17.2 Å². The summed E-state index contributed by atoms with van der Waals surface area (Å²) < 4.78 is 93.0. The Balaban J connectivity index is 0.815. The van der Waals surface area contributed by atoms with E-state index in [1.54, 1.807) is 12.1 Å². The molecule has 0 radical (unpaired) electrons. The van der Waals surface area contributed by atoms with Crippen molar-refractivity contribution in [2.24, 2.45) is 0 Å². The van der Waals surface area contributed by atoms with Crippen molar-refractivity contribution in [2.45, 2.75) is 84.0 Å². The first-order valence-electron chi connectivity index (χ1n) is 34.7. The molecule has 0 heterocycles. The van der Waals surface area contributed by atoms with E-state index in [1.165, 1.54) is 31.1 Å². The Bertz CT molecular complexity index is 2940. The first kappa shape index (κ1) is 79.4. The van der Waals surface area contributed by atoms with Crippen LogP contribution in [0.25, 0.3) is 0 Å². The van der Waals surface area contributed by atoms with Crippen LogP contribution in [0, 0.1) is 0 Å². The molecular weight excluding hydrogens is 1290 g/mol. The lowest BCUT2D eigenvalue weighted by Crippen LogP contribution is -2.66. The molecule has 0 bridgehead atoms. The van der Waals surface area contributed by atoms with Crippen LogP contribution in [-0.2, 0) is 62.5 Å².